The number of nitrogens with zero attached hydrogens (tertiary/aromatic N) is 1. The predicted octanol–water partition coefficient (Wildman–Crippen LogP) is 0.628. The standard InChI is InChI=1S/C7H9NO5S2/c1-8(13-2)15(11,12)5-3-6(7(9)10)14-4-5/h3-4H,1-2H3,(H,9,10). The molecule has 0 saturated carbocycles. The van der Waals surface area contributed by atoms with Gasteiger partial charge in [0.05, 0.1) is 12.0 Å². The van der Waals surface area contributed by atoms with Crippen molar-refractivity contribution in [3.8, 4) is 0 Å². The first-order valence-electron chi connectivity index (χ1n) is 3.74. The Bertz CT molecular complexity index is 463. The van der Waals surface area contributed by atoms with E-state index in [0.29, 0.717) is 4.47 Å². The molecule has 0 fully saturated rings. The van der Waals surface area contributed by atoms with Gasteiger partial charge in [0.1, 0.15) is 4.88 Å². The van der Waals surface area contributed by atoms with Gasteiger partial charge in [0, 0.05) is 12.4 Å². The summed E-state index contributed by atoms with van der Waals surface area (Å²) in [5.74, 6) is -1.15. The second kappa shape index (κ2) is 4.27. The second-order valence-corrected chi connectivity index (χ2v) is 5.40. The van der Waals surface area contributed by atoms with Gasteiger partial charge in [-0.05, 0) is 6.07 Å². The third-order valence-corrected chi connectivity index (χ3v) is 4.40. The summed E-state index contributed by atoms with van der Waals surface area (Å²) in [4.78, 5) is 15.0. The summed E-state index contributed by atoms with van der Waals surface area (Å²) in [5.41, 5.74) is 0. The van der Waals surface area contributed by atoms with Crippen LogP contribution in [0.1, 0.15) is 9.67 Å². The van der Waals surface area contributed by atoms with Crippen LogP contribution < -0.4 is 0 Å². The number of carboxylic acids is 1. The lowest BCUT2D eigenvalue weighted by atomic mass is 10.5. The molecule has 15 heavy (non-hydrogen) atoms. The highest BCUT2D eigenvalue weighted by Gasteiger charge is 2.23. The van der Waals surface area contributed by atoms with Gasteiger partial charge in [-0.15, -0.1) is 11.3 Å². The van der Waals surface area contributed by atoms with Gasteiger partial charge in [0.25, 0.3) is 10.0 Å². The minimum atomic E-state index is -3.74. The summed E-state index contributed by atoms with van der Waals surface area (Å²) in [6.45, 7) is 0. The molecule has 84 valence electrons. The molecule has 0 spiro atoms. The van der Waals surface area contributed by atoms with E-state index in [0.717, 1.165) is 17.4 Å². The summed E-state index contributed by atoms with van der Waals surface area (Å²) >= 11 is 0.851. The Hall–Kier alpha value is -0.960. The summed E-state index contributed by atoms with van der Waals surface area (Å²) < 4.78 is 23.9. The molecule has 0 atom stereocenters. The van der Waals surface area contributed by atoms with E-state index in [-0.39, 0.29) is 9.77 Å². The first-order chi connectivity index (χ1) is 6.89. The molecule has 0 aromatic carbocycles. The quantitative estimate of drug-likeness (QED) is 0.793. The maximum absolute atomic E-state index is 11.6. The van der Waals surface area contributed by atoms with Crippen molar-refractivity contribution in [1.29, 1.82) is 0 Å². The van der Waals surface area contributed by atoms with Gasteiger partial charge < -0.3 is 5.11 Å². The number of rotatable bonds is 4. The number of carboxylic acid groups (broad SMARTS) is 1. The Morgan fingerprint density at radius 1 is 1.60 bits per heavy atom. The second-order valence-electron chi connectivity index (χ2n) is 2.55. The molecule has 0 radical (unpaired) electrons. The van der Waals surface area contributed by atoms with E-state index in [1.807, 2.05) is 0 Å². The minimum absolute atomic E-state index is 0.0296. The first kappa shape index (κ1) is 12.1. The molecular formula is C7H9NO5S2. The molecule has 0 aliphatic rings. The fourth-order valence-electron chi connectivity index (χ4n) is 0.813. The minimum Gasteiger partial charge on any atom is -0.477 e. The van der Waals surface area contributed by atoms with Crippen molar-refractivity contribution in [3.05, 3.63) is 16.3 Å². The summed E-state index contributed by atoms with van der Waals surface area (Å²) in [7, 11) is -1.30. The topological polar surface area (TPSA) is 83.9 Å². The van der Waals surface area contributed by atoms with Crippen LogP contribution in [0.15, 0.2) is 16.3 Å². The molecule has 0 amide bonds. The summed E-state index contributed by atoms with van der Waals surface area (Å²) in [5, 5.41) is 9.89. The number of carbonyl (C=O) groups is 1. The van der Waals surface area contributed by atoms with Crippen LogP contribution in [0.25, 0.3) is 0 Å². The number of thiophene rings is 1. The molecule has 0 bridgehead atoms. The molecule has 8 heteroatoms. The molecule has 0 aliphatic carbocycles. The highest BCUT2D eigenvalue weighted by Crippen LogP contribution is 2.21. The highest BCUT2D eigenvalue weighted by atomic mass is 32.2. The molecule has 0 unspecified atom stereocenters. The zero-order valence-electron chi connectivity index (χ0n) is 8.00. The maximum Gasteiger partial charge on any atom is 0.345 e. The van der Waals surface area contributed by atoms with Gasteiger partial charge in [-0.3, -0.25) is 4.84 Å². The lowest BCUT2D eigenvalue weighted by Gasteiger charge is -2.12. The third kappa shape index (κ3) is 2.34. The lowest BCUT2D eigenvalue weighted by molar-refractivity contribution is -0.0258. The maximum atomic E-state index is 11.6. The van der Waals surface area contributed by atoms with Crippen LogP contribution in [0, 0.1) is 0 Å². The third-order valence-electron chi connectivity index (χ3n) is 1.68. The number of aromatic carboxylic acids is 1. The van der Waals surface area contributed by atoms with E-state index in [4.69, 9.17) is 5.11 Å². The number of hydrogen-bond donors (Lipinski definition) is 1. The molecule has 1 aromatic heterocycles. The Morgan fingerprint density at radius 3 is 2.60 bits per heavy atom. The van der Waals surface area contributed by atoms with E-state index >= 15 is 0 Å². The molecule has 6 nitrogen and oxygen atoms in total. The van der Waals surface area contributed by atoms with Crippen LogP contribution in [0.2, 0.25) is 0 Å². The van der Waals surface area contributed by atoms with E-state index in [1.54, 1.807) is 0 Å². The van der Waals surface area contributed by atoms with Crippen molar-refractivity contribution in [3.63, 3.8) is 0 Å². The fourth-order valence-corrected chi connectivity index (χ4v) is 2.89. The van der Waals surface area contributed by atoms with Gasteiger partial charge in [-0.2, -0.15) is 0 Å². The first-order valence-corrected chi connectivity index (χ1v) is 6.06. The Morgan fingerprint density at radius 2 is 2.20 bits per heavy atom. The van der Waals surface area contributed by atoms with Crippen molar-refractivity contribution in [2.75, 3.05) is 14.2 Å². The molecule has 0 saturated heterocycles. The Labute approximate surface area is 90.7 Å². The van der Waals surface area contributed by atoms with Crippen LogP contribution in [0.4, 0.5) is 0 Å². The summed E-state index contributed by atoms with van der Waals surface area (Å²) in [6, 6.07) is 1.10. The van der Waals surface area contributed by atoms with Gasteiger partial charge in [-0.1, -0.05) is 4.47 Å². The molecule has 1 heterocycles. The normalized spacial score (nSPS) is 11.9. The number of hydroxylamine groups is 1. The van der Waals surface area contributed by atoms with Gasteiger partial charge in [-0.25, -0.2) is 13.2 Å². The van der Waals surface area contributed by atoms with Crippen LogP contribution in [0.3, 0.4) is 0 Å². The van der Waals surface area contributed by atoms with Crippen LogP contribution >= 0.6 is 11.3 Å². The van der Waals surface area contributed by atoms with Gasteiger partial charge in [0.15, 0.2) is 0 Å². The van der Waals surface area contributed by atoms with Crippen molar-refractivity contribution in [1.82, 2.24) is 4.47 Å². The van der Waals surface area contributed by atoms with Crippen LogP contribution in [-0.4, -0.2) is 38.1 Å². The largest absolute Gasteiger partial charge is 0.477 e. The zero-order chi connectivity index (χ0) is 11.6. The predicted molar refractivity (Wildman–Crippen MR) is 53.2 cm³/mol. The number of sulfonamides is 1. The molecule has 0 aliphatic heterocycles. The summed E-state index contributed by atoms with van der Waals surface area (Å²) in [6.07, 6.45) is 0. The molecule has 1 N–H and O–H groups in total. The monoisotopic (exact) mass is 251 g/mol. The molecule has 1 rings (SSSR count). The van der Waals surface area contributed by atoms with Crippen molar-refractivity contribution < 1.29 is 23.2 Å². The van der Waals surface area contributed by atoms with Crippen molar-refractivity contribution >= 4 is 27.3 Å². The van der Waals surface area contributed by atoms with Gasteiger partial charge >= 0.3 is 5.97 Å². The van der Waals surface area contributed by atoms with E-state index in [2.05, 4.69) is 4.84 Å². The highest BCUT2D eigenvalue weighted by molar-refractivity contribution is 7.89. The van der Waals surface area contributed by atoms with Gasteiger partial charge in [0.2, 0.25) is 0 Å². The number of hydrogen-bond acceptors (Lipinski definition) is 5. The SMILES string of the molecule is CON(C)S(=O)(=O)c1csc(C(=O)O)c1. The Kier molecular flexibility index (Phi) is 3.45. The van der Waals surface area contributed by atoms with E-state index in [1.165, 1.54) is 19.5 Å². The molecule has 1 aromatic rings. The average Bonchev–Trinajstić information content (AvgIpc) is 2.65. The van der Waals surface area contributed by atoms with Crippen molar-refractivity contribution in [2.45, 2.75) is 4.90 Å². The fraction of sp³-hybridized carbons (Fsp3) is 0.286. The Balaban J connectivity index is 3.12. The smallest absolute Gasteiger partial charge is 0.345 e. The van der Waals surface area contributed by atoms with Crippen molar-refractivity contribution in [2.24, 2.45) is 0 Å². The average molecular weight is 251 g/mol. The van der Waals surface area contributed by atoms with E-state index in [9.17, 15) is 13.2 Å². The lowest BCUT2D eigenvalue weighted by Crippen LogP contribution is -2.25. The molecular weight excluding hydrogens is 242 g/mol. The van der Waals surface area contributed by atoms with Crippen LogP contribution in [-0.2, 0) is 14.9 Å². The van der Waals surface area contributed by atoms with Crippen LogP contribution in [0.5, 0.6) is 0 Å². The van der Waals surface area contributed by atoms with E-state index < -0.39 is 16.0 Å². The zero-order valence-corrected chi connectivity index (χ0v) is 9.63.